The number of ether oxygens (including phenoxy) is 3. The molecule has 1 saturated heterocycles. The summed E-state index contributed by atoms with van der Waals surface area (Å²) >= 11 is 0. The second kappa shape index (κ2) is 13.1. The SMILES string of the molecule is COc1cc2ncnc(Oc3cccc(NC(=O)Nc4cc(C(C)(C)C)on4)c3)c2cc1OCCCN1CCCCC1. The van der Waals surface area contributed by atoms with Crippen molar-refractivity contribution in [3.8, 4) is 23.1 Å². The third-order valence-electron chi connectivity index (χ3n) is 7.01. The van der Waals surface area contributed by atoms with Crippen LogP contribution in [0.3, 0.4) is 0 Å². The summed E-state index contributed by atoms with van der Waals surface area (Å²) in [5.41, 5.74) is 0.973. The number of hydrogen-bond donors (Lipinski definition) is 2. The van der Waals surface area contributed by atoms with Crippen LogP contribution in [0, 0.1) is 0 Å². The van der Waals surface area contributed by atoms with Crippen LogP contribution >= 0.6 is 0 Å². The highest BCUT2D eigenvalue weighted by Crippen LogP contribution is 2.36. The zero-order valence-corrected chi connectivity index (χ0v) is 24.6. The van der Waals surface area contributed by atoms with E-state index in [1.54, 1.807) is 37.4 Å². The molecule has 0 radical (unpaired) electrons. The predicted octanol–water partition coefficient (Wildman–Crippen LogP) is 6.62. The number of methoxy groups -OCH3 is 1. The summed E-state index contributed by atoms with van der Waals surface area (Å²) < 4.78 is 23.2. The number of urea groups is 1. The fourth-order valence-corrected chi connectivity index (χ4v) is 4.76. The van der Waals surface area contributed by atoms with Crippen LogP contribution in [0.5, 0.6) is 23.1 Å². The van der Waals surface area contributed by atoms with E-state index in [0.717, 1.165) is 13.0 Å². The lowest BCUT2D eigenvalue weighted by atomic mass is 9.93. The number of piperidine rings is 1. The molecule has 1 aliphatic rings. The molecule has 2 amide bonds. The van der Waals surface area contributed by atoms with Crippen LogP contribution in [0.15, 0.2) is 53.3 Å². The normalized spacial score (nSPS) is 14.0. The van der Waals surface area contributed by atoms with E-state index < -0.39 is 6.03 Å². The number of nitrogens with one attached hydrogen (secondary N) is 2. The van der Waals surface area contributed by atoms with Gasteiger partial charge in [-0.25, -0.2) is 14.8 Å². The van der Waals surface area contributed by atoms with E-state index in [4.69, 9.17) is 18.7 Å². The number of rotatable bonds is 10. The number of amides is 2. The van der Waals surface area contributed by atoms with Crippen LogP contribution in [0.25, 0.3) is 10.9 Å². The number of hydrogen-bond acceptors (Lipinski definition) is 9. The molecule has 11 nitrogen and oxygen atoms in total. The van der Waals surface area contributed by atoms with Crippen LogP contribution < -0.4 is 24.8 Å². The highest BCUT2D eigenvalue weighted by molar-refractivity contribution is 5.99. The molecule has 222 valence electrons. The molecule has 2 aromatic carbocycles. The molecule has 4 aromatic rings. The Bertz CT molecular complexity index is 1510. The fourth-order valence-electron chi connectivity index (χ4n) is 4.76. The number of nitrogens with zero attached hydrogens (tertiary/aromatic N) is 4. The number of fused-ring (bicyclic) bond motifs is 1. The topological polar surface area (TPSA) is 124 Å². The molecule has 0 aliphatic carbocycles. The Hall–Kier alpha value is -4.38. The van der Waals surface area contributed by atoms with Crippen molar-refractivity contribution in [2.75, 3.05) is 44.0 Å². The molecule has 0 saturated carbocycles. The molecule has 0 bridgehead atoms. The molecule has 5 rings (SSSR count). The second-order valence-corrected chi connectivity index (χ2v) is 11.3. The van der Waals surface area contributed by atoms with Gasteiger partial charge in [-0.2, -0.15) is 0 Å². The average Bonchev–Trinajstić information content (AvgIpc) is 3.45. The molecule has 1 fully saturated rings. The minimum absolute atomic E-state index is 0.217. The number of benzene rings is 2. The molecular weight excluding hydrogens is 536 g/mol. The van der Waals surface area contributed by atoms with Crippen LogP contribution in [-0.2, 0) is 5.41 Å². The lowest BCUT2D eigenvalue weighted by molar-refractivity contribution is 0.203. The van der Waals surface area contributed by atoms with E-state index >= 15 is 0 Å². The molecule has 42 heavy (non-hydrogen) atoms. The zero-order valence-electron chi connectivity index (χ0n) is 24.6. The highest BCUT2D eigenvalue weighted by atomic mass is 16.5. The Labute approximate surface area is 245 Å². The van der Waals surface area contributed by atoms with Crippen molar-refractivity contribution in [3.63, 3.8) is 0 Å². The monoisotopic (exact) mass is 574 g/mol. The van der Waals surface area contributed by atoms with Gasteiger partial charge in [0.1, 0.15) is 17.8 Å². The molecular formula is C31H38N6O5. The average molecular weight is 575 g/mol. The molecule has 2 aromatic heterocycles. The summed E-state index contributed by atoms with van der Waals surface area (Å²) in [6, 6.07) is 12.0. The smallest absolute Gasteiger partial charge is 0.324 e. The number of carbonyl (C=O) groups excluding carboxylic acids is 1. The van der Waals surface area contributed by atoms with Gasteiger partial charge in [-0.15, -0.1) is 0 Å². The van der Waals surface area contributed by atoms with Gasteiger partial charge >= 0.3 is 6.03 Å². The largest absolute Gasteiger partial charge is 0.493 e. The third-order valence-corrected chi connectivity index (χ3v) is 7.01. The van der Waals surface area contributed by atoms with Crippen LogP contribution in [0.4, 0.5) is 16.3 Å². The van der Waals surface area contributed by atoms with Gasteiger partial charge in [-0.05, 0) is 50.6 Å². The van der Waals surface area contributed by atoms with Crippen molar-refractivity contribution in [2.24, 2.45) is 0 Å². The number of likely N-dealkylation sites (tertiary alicyclic amines) is 1. The Morgan fingerprint density at radius 3 is 2.62 bits per heavy atom. The van der Waals surface area contributed by atoms with E-state index in [1.807, 2.05) is 32.9 Å². The van der Waals surface area contributed by atoms with E-state index in [1.165, 1.54) is 38.7 Å². The Kier molecular flexibility index (Phi) is 9.06. The van der Waals surface area contributed by atoms with Gasteiger partial charge in [0.15, 0.2) is 17.3 Å². The first kappa shape index (κ1) is 29.1. The van der Waals surface area contributed by atoms with E-state index in [9.17, 15) is 4.79 Å². The first-order valence-corrected chi connectivity index (χ1v) is 14.3. The number of carbonyl (C=O) groups is 1. The Balaban J connectivity index is 1.25. The predicted molar refractivity (Wildman–Crippen MR) is 161 cm³/mol. The van der Waals surface area contributed by atoms with Gasteiger partial charge < -0.3 is 29.0 Å². The minimum Gasteiger partial charge on any atom is -0.493 e. The van der Waals surface area contributed by atoms with Gasteiger partial charge in [-0.1, -0.05) is 38.4 Å². The van der Waals surface area contributed by atoms with Crippen molar-refractivity contribution in [3.05, 3.63) is 54.6 Å². The summed E-state index contributed by atoms with van der Waals surface area (Å²) in [6.45, 7) is 9.94. The first-order chi connectivity index (χ1) is 20.3. The summed E-state index contributed by atoms with van der Waals surface area (Å²) in [6.07, 6.45) is 6.24. The Morgan fingerprint density at radius 1 is 1.02 bits per heavy atom. The first-order valence-electron chi connectivity index (χ1n) is 14.3. The van der Waals surface area contributed by atoms with Gasteiger partial charge in [0, 0.05) is 35.8 Å². The quantitative estimate of drug-likeness (QED) is 0.201. The maximum Gasteiger partial charge on any atom is 0.324 e. The zero-order chi connectivity index (χ0) is 29.5. The maximum atomic E-state index is 12.6. The van der Waals surface area contributed by atoms with Crippen molar-refractivity contribution in [2.45, 2.75) is 51.9 Å². The van der Waals surface area contributed by atoms with Crippen molar-refractivity contribution in [1.29, 1.82) is 0 Å². The van der Waals surface area contributed by atoms with E-state index in [2.05, 4.69) is 30.7 Å². The van der Waals surface area contributed by atoms with Crippen molar-refractivity contribution in [1.82, 2.24) is 20.0 Å². The standard InChI is InChI=1S/C31H38N6O5/c1-31(2,3)27-19-28(36-42-27)35-30(38)34-21-10-8-11-22(16-21)41-29-23-17-26(25(39-4)18-24(23)32-20-33-29)40-15-9-14-37-12-6-5-7-13-37/h8,10-11,16-20H,5-7,9,12-15H2,1-4H3,(H2,34,35,36,38). The van der Waals surface area contributed by atoms with Gasteiger partial charge in [-0.3, -0.25) is 5.32 Å². The molecule has 0 atom stereocenters. The highest BCUT2D eigenvalue weighted by Gasteiger charge is 2.20. The van der Waals surface area contributed by atoms with Crippen LogP contribution in [0.2, 0.25) is 0 Å². The van der Waals surface area contributed by atoms with Crippen LogP contribution in [-0.4, -0.2) is 59.4 Å². The van der Waals surface area contributed by atoms with Gasteiger partial charge in [0.2, 0.25) is 5.88 Å². The van der Waals surface area contributed by atoms with Crippen molar-refractivity contribution >= 4 is 28.4 Å². The van der Waals surface area contributed by atoms with Gasteiger partial charge in [0.25, 0.3) is 0 Å². The molecule has 2 N–H and O–H groups in total. The number of anilines is 2. The lowest BCUT2D eigenvalue weighted by Crippen LogP contribution is -2.31. The summed E-state index contributed by atoms with van der Waals surface area (Å²) in [7, 11) is 1.61. The number of aromatic nitrogens is 3. The summed E-state index contributed by atoms with van der Waals surface area (Å²) in [4.78, 5) is 23.8. The third kappa shape index (κ3) is 7.47. The molecule has 1 aliphatic heterocycles. The van der Waals surface area contributed by atoms with Gasteiger partial charge in [0.05, 0.1) is 24.6 Å². The molecule has 3 heterocycles. The fraction of sp³-hybridized carbons (Fsp3) is 0.419. The Morgan fingerprint density at radius 2 is 1.86 bits per heavy atom. The summed E-state index contributed by atoms with van der Waals surface area (Å²) in [5.74, 6) is 3.07. The van der Waals surface area contributed by atoms with E-state index in [0.29, 0.717) is 57.9 Å². The van der Waals surface area contributed by atoms with E-state index in [-0.39, 0.29) is 5.41 Å². The molecule has 0 unspecified atom stereocenters. The lowest BCUT2D eigenvalue weighted by Gasteiger charge is -2.26. The molecule has 0 spiro atoms. The minimum atomic E-state index is -0.456. The maximum absolute atomic E-state index is 12.6. The molecule has 11 heteroatoms. The van der Waals surface area contributed by atoms with Crippen molar-refractivity contribution < 1.29 is 23.5 Å². The summed E-state index contributed by atoms with van der Waals surface area (Å²) in [5, 5.41) is 10.1. The second-order valence-electron chi connectivity index (χ2n) is 11.3. The van der Waals surface area contributed by atoms with Crippen LogP contribution in [0.1, 0.15) is 52.2 Å².